The van der Waals surface area contributed by atoms with E-state index in [0.717, 1.165) is 18.7 Å². The molecule has 0 fully saturated rings. The van der Waals surface area contributed by atoms with Gasteiger partial charge in [0.15, 0.2) is 0 Å². The van der Waals surface area contributed by atoms with Crippen molar-refractivity contribution in [1.29, 1.82) is 0 Å². The van der Waals surface area contributed by atoms with Crippen LogP contribution in [0, 0.1) is 0 Å². The van der Waals surface area contributed by atoms with Crippen molar-refractivity contribution in [2.24, 2.45) is 0 Å². The van der Waals surface area contributed by atoms with Gasteiger partial charge >= 0.3 is 0 Å². The standard InChI is InChI=1S/C15H25NOS/c1-13(2)17-14(10-11-16(3)4)12-18-15-8-6-5-7-9-15/h5-9,13-14H,10-12H2,1-4H3/t14-/m1/s1. The minimum absolute atomic E-state index is 0.300. The number of hydrogen-bond donors (Lipinski definition) is 0. The highest BCUT2D eigenvalue weighted by atomic mass is 32.2. The van der Waals surface area contributed by atoms with Crippen LogP contribution in [0.3, 0.4) is 0 Å². The molecule has 0 unspecified atom stereocenters. The van der Waals surface area contributed by atoms with Gasteiger partial charge in [0.2, 0.25) is 0 Å². The topological polar surface area (TPSA) is 12.5 Å². The molecule has 18 heavy (non-hydrogen) atoms. The maximum absolute atomic E-state index is 5.97. The summed E-state index contributed by atoms with van der Waals surface area (Å²) in [4.78, 5) is 3.53. The summed E-state index contributed by atoms with van der Waals surface area (Å²) < 4.78 is 5.97. The zero-order valence-corrected chi connectivity index (χ0v) is 12.7. The lowest BCUT2D eigenvalue weighted by molar-refractivity contribution is 0.0140. The molecule has 0 aliphatic rings. The van der Waals surface area contributed by atoms with Crippen molar-refractivity contribution in [3.63, 3.8) is 0 Å². The van der Waals surface area contributed by atoms with Gasteiger partial charge in [-0.25, -0.2) is 0 Å². The van der Waals surface area contributed by atoms with E-state index in [1.54, 1.807) is 0 Å². The Kier molecular flexibility index (Phi) is 7.40. The van der Waals surface area contributed by atoms with Crippen LogP contribution in [0.4, 0.5) is 0 Å². The highest BCUT2D eigenvalue weighted by Crippen LogP contribution is 2.20. The van der Waals surface area contributed by atoms with Crippen molar-refractivity contribution >= 4 is 11.8 Å². The smallest absolute Gasteiger partial charge is 0.0684 e. The Morgan fingerprint density at radius 2 is 1.83 bits per heavy atom. The van der Waals surface area contributed by atoms with E-state index in [4.69, 9.17) is 4.74 Å². The lowest BCUT2D eigenvalue weighted by Crippen LogP contribution is -2.26. The number of thioether (sulfide) groups is 1. The van der Waals surface area contributed by atoms with E-state index in [-0.39, 0.29) is 0 Å². The SMILES string of the molecule is CC(C)O[C@H](CCN(C)C)CSc1ccccc1. The predicted octanol–water partition coefficient (Wildman–Crippen LogP) is 3.52. The first kappa shape index (κ1) is 15.5. The van der Waals surface area contributed by atoms with Crippen molar-refractivity contribution in [1.82, 2.24) is 4.90 Å². The summed E-state index contributed by atoms with van der Waals surface area (Å²) in [6.45, 7) is 5.29. The van der Waals surface area contributed by atoms with Crippen LogP contribution in [-0.4, -0.2) is 43.5 Å². The summed E-state index contributed by atoms with van der Waals surface area (Å²) in [6.07, 6.45) is 1.72. The predicted molar refractivity (Wildman–Crippen MR) is 80.3 cm³/mol. The fourth-order valence-electron chi connectivity index (χ4n) is 1.68. The largest absolute Gasteiger partial charge is 0.375 e. The third-order valence-corrected chi connectivity index (χ3v) is 3.69. The second-order valence-corrected chi connectivity index (χ2v) is 6.12. The molecule has 0 spiro atoms. The number of benzene rings is 1. The molecule has 0 saturated carbocycles. The summed E-state index contributed by atoms with van der Waals surface area (Å²) in [5.74, 6) is 1.02. The van der Waals surface area contributed by atoms with E-state index < -0.39 is 0 Å². The van der Waals surface area contributed by atoms with E-state index in [1.807, 2.05) is 11.8 Å². The normalized spacial score (nSPS) is 13.2. The van der Waals surface area contributed by atoms with Gasteiger partial charge < -0.3 is 9.64 Å². The second-order valence-electron chi connectivity index (χ2n) is 5.02. The summed E-state index contributed by atoms with van der Waals surface area (Å²) in [5, 5.41) is 0. The fourth-order valence-corrected chi connectivity index (χ4v) is 2.66. The van der Waals surface area contributed by atoms with Crippen LogP contribution >= 0.6 is 11.8 Å². The van der Waals surface area contributed by atoms with E-state index >= 15 is 0 Å². The van der Waals surface area contributed by atoms with Crippen LogP contribution in [0.25, 0.3) is 0 Å². The average molecular weight is 267 g/mol. The lowest BCUT2D eigenvalue weighted by atomic mass is 10.2. The second kappa shape index (κ2) is 8.57. The molecule has 1 aromatic rings. The Bertz CT molecular complexity index is 314. The molecule has 1 rings (SSSR count). The van der Waals surface area contributed by atoms with Crippen LogP contribution < -0.4 is 0 Å². The van der Waals surface area contributed by atoms with Crippen LogP contribution in [0.1, 0.15) is 20.3 Å². The first-order chi connectivity index (χ1) is 8.58. The van der Waals surface area contributed by atoms with Crippen molar-refractivity contribution in [3.05, 3.63) is 30.3 Å². The van der Waals surface area contributed by atoms with Gasteiger partial charge in [-0.05, 0) is 46.5 Å². The van der Waals surface area contributed by atoms with Crippen LogP contribution in [0.15, 0.2) is 35.2 Å². The molecule has 0 aromatic heterocycles. The molecule has 1 aromatic carbocycles. The molecule has 0 aliphatic carbocycles. The molecule has 3 heteroatoms. The first-order valence-corrected chi connectivity index (χ1v) is 7.54. The number of rotatable bonds is 8. The van der Waals surface area contributed by atoms with Crippen molar-refractivity contribution < 1.29 is 4.74 Å². The zero-order valence-electron chi connectivity index (χ0n) is 11.9. The summed E-state index contributed by atoms with van der Waals surface area (Å²) in [5.41, 5.74) is 0. The molecule has 0 bridgehead atoms. The lowest BCUT2D eigenvalue weighted by Gasteiger charge is -2.22. The van der Waals surface area contributed by atoms with Crippen molar-refractivity contribution in [3.8, 4) is 0 Å². The molecule has 0 saturated heterocycles. The minimum atomic E-state index is 0.300. The van der Waals surface area contributed by atoms with Gasteiger partial charge in [0, 0.05) is 17.2 Å². The molecule has 0 heterocycles. The van der Waals surface area contributed by atoms with Crippen molar-refractivity contribution in [2.45, 2.75) is 37.4 Å². The average Bonchev–Trinajstić information content (AvgIpc) is 2.33. The van der Waals surface area contributed by atoms with Crippen LogP contribution in [0.2, 0.25) is 0 Å². The Balaban J connectivity index is 2.40. The molecular formula is C15H25NOS. The Hall–Kier alpha value is -0.510. The van der Waals surface area contributed by atoms with E-state index in [2.05, 4.69) is 63.2 Å². The van der Waals surface area contributed by atoms with Crippen LogP contribution in [0.5, 0.6) is 0 Å². The highest BCUT2D eigenvalue weighted by molar-refractivity contribution is 7.99. The maximum Gasteiger partial charge on any atom is 0.0684 e. The molecule has 0 amide bonds. The molecular weight excluding hydrogens is 242 g/mol. The van der Waals surface area contributed by atoms with Crippen LogP contribution in [-0.2, 0) is 4.74 Å². The maximum atomic E-state index is 5.97. The third kappa shape index (κ3) is 7.04. The Morgan fingerprint density at radius 1 is 1.17 bits per heavy atom. The van der Waals surface area contributed by atoms with E-state index in [1.165, 1.54) is 4.90 Å². The molecule has 1 atom stereocenters. The van der Waals surface area contributed by atoms with Gasteiger partial charge in [0.25, 0.3) is 0 Å². The van der Waals surface area contributed by atoms with Gasteiger partial charge in [-0.15, -0.1) is 11.8 Å². The summed E-state index contributed by atoms with van der Waals surface area (Å²) in [7, 11) is 4.22. The molecule has 102 valence electrons. The molecule has 0 radical (unpaired) electrons. The van der Waals surface area contributed by atoms with Gasteiger partial charge in [0.1, 0.15) is 0 Å². The Labute approximate surface area is 116 Å². The fraction of sp³-hybridized carbons (Fsp3) is 0.600. The number of nitrogens with zero attached hydrogens (tertiary/aromatic N) is 1. The molecule has 0 aliphatic heterocycles. The summed E-state index contributed by atoms with van der Waals surface area (Å²) >= 11 is 1.88. The highest BCUT2D eigenvalue weighted by Gasteiger charge is 2.12. The van der Waals surface area contributed by atoms with Gasteiger partial charge in [-0.1, -0.05) is 18.2 Å². The number of ether oxygens (including phenoxy) is 1. The monoisotopic (exact) mass is 267 g/mol. The summed E-state index contributed by atoms with van der Waals surface area (Å²) in [6, 6.07) is 10.5. The Morgan fingerprint density at radius 3 is 2.39 bits per heavy atom. The zero-order chi connectivity index (χ0) is 13.4. The minimum Gasteiger partial charge on any atom is -0.375 e. The van der Waals surface area contributed by atoms with Gasteiger partial charge in [-0.3, -0.25) is 0 Å². The third-order valence-electron chi connectivity index (χ3n) is 2.54. The number of hydrogen-bond acceptors (Lipinski definition) is 3. The molecule has 2 nitrogen and oxygen atoms in total. The first-order valence-electron chi connectivity index (χ1n) is 6.56. The van der Waals surface area contributed by atoms with Gasteiger partial charge in [0.05, 0.1) is 12.2 Å². The quantitative estimate of drug-likeness (QED) is 0.669. The molecule has 0 N–H and O–H groups in total. The van der Waals surface area contributed by atoms with Crippen molar-refractivity contribution in [2.75, 3.05) is 26.4 Å². The van der Waals surface area contributed by atoms with Gasteiger partial charge in [-0.2, -0.15) is 0 Å². The van der Waals surface area contributed by atoms with E-state index in [0.29, 0.717) is 12.2 Å². The van der Waals surface area contributed by atoms with E-state index in [9.17, 15) is 0 Å².